The van der Waals surface area contributed by atoms with Crippen LogP contribution in [0.3, 0.4) is 0 Å². The van der Waals surface area contributed by atoms with Crippen molar-refractivity contribution in [3.05, 3.63) is 84.2 Å². The SMILES string of the molecule is COn1c2ccc(OCc3ccccc3)cc2c2cc3cnccc3c(C)c21. The molecule has 0 fully saturated rings. The number of pyridine rings is 1. The van der Waals surface area contributed by atoms with Gasteiger partial charge in [-0.25, -0.2) is 0 Å². The van der Waals surface area contributed by atoms with Crippen LogP contribution in [0.1, 0.15) is 11.1 Å². The van der Waals surface area contributed by atoms with E-state index in [2.05, 4.69) is 48.3 Å². The van der Waals surface area contributed by atoms with Crippen LogP contribution < -0.4 is 9.57 Å². The zero-order chi connectivity index (χ0) is 19.1. The molecule has 0 radical (unpaired) electrons. The second kappa shape index (κ2) is 6.57. The molecule has 0 saturated heterocycles. The number of benzene rings is 3. The van der Waals surface area contributed by atoms with E-state index in [0.717, 1.165) is 38.5 Å². The molecular weight excluding hydrogens is 348 g/mol. The van der Waals surface area contributed by atoms with Gasteiger partial charge in [0.15, 0.2) is 0 Å². The van der Waals surface area contributed by atoms with E-state index in [4.69, 9.17) is 9.57 Å². The maximum atomic E-state index is 6.05. The van der Waals surface area contributed by atoms with Crippen LogP contribution in [0.25, 0.3) is 32.6 Å². The minimum atomic E-state index is 0.543. The largest absolute Gasteiger partial charge is 0.489 e. The zero-order valence-corrected chi connectivity index (χ0v) is 15.8. The van der Waals surface area contributed by atoms with Crippen molar-refractivity contribution in [2.45, 2.75) is 13.5 Å². The fourth-order valence-corrected chi connectivity index (χ4v) is 3.93. The van der Waals surface area contributed by atoms with Crippen LogP contribution in [0, 0.1) is 6.92 Å². The highest BCUT2D eigenvalue weighted by atomic mass is 16.6. The van der Waals surface area contributed by atoms with E-state index in [1.807, 2.05) is 41.4 Å². The molecular formula is C24H20N2O2. The zero-order valence-electron chi connectivity index (χ0n) is 15.8. The molecule has 3 aromatic carbocycles. The molecule has 5 aromatic rings. The van der Waals surface area contributed by atoms with E-state index in [-0.39, 0.29) is 0 Å². The third-order valence-corrected chi connectivity index (χ3v) is 5.28. The Kier molecular flexibility index (Phi) is 3.90. The van der Waals surface area contributed by atoms with E-state index in [1.54, 1.807) is 7.11 Å². The topological polar surface area (TPSA) is 36.3 Å². The van der Waals surface area contributed by atoms with Gasteiger partial charge in [-0.15, -0.1) is 0 Å². The van der Waals surface area contributed by atoms with Crippen molar-refractivity contribution in [3.63, 3.8) is 0 Å². The van der Waals surface area contributed by atoms with Crippen LogP contribution in [-0.2, 0) is 6.61 Å². The lowest BCUT2D eigenvalue weighted by molar-refractivity contribution is 0.190. The van der Waals surface area contributed by atoms with Gasteiger partial charge in [0.1, 0.15) is 19.5 Å². The maximum Gasteiger partial charge on any atom is 0.120 e. The number of hydrogen-bond acceptors (Lipinski definition) is 3. The standard InChI is InChI=1S/C24H20N2O2/c1-16-20-10-11-25-14-18(20)12-22-21-13-19(28-15-17-6-4-3-5-7-17)8-9-23(21)26(27-2)24(16)22/h3-14H,15H2,1-2H3. The smallest absolute Gasteiger partial charge is 0.120 e. The summed E-state index contributed by atoms with van der Waals surface area (Å²) in [6.07, 6.45) is 3.74. The molecule has 0 saturated carbocycles. The molecule has 0 unspecified atom stereocenters. The summed E-state index contributed by atoms with van der Waals surface area (Å²) in [4.78, 5) is 10.0. The average molecular weight is 368 g/mol. The Hall–Kier alpha value is -3.53. The van der Waals surface area contributed by atoms with E-state index in [0.29, 0.717) is 6.61 Å². The van der Waals surface area contributed by atoms with Crippen molar-refractivity contribution in [2.75, 3.05) is 7.11 Å². The quantitative estimate of drug-likeness (QED) is 0.432. The van der Waals surface area contributed by atoms with Crippen molar-refractivity contribution in [2.24, 2.45) is 0 Å². The molecule has 2 aromatic heterocycles. The van der Waals surface area contributed by atoms with Gasteiger partial charge < -0.3 is 9.57 Å². The monoisotopic (exact) mass is 368 g/mol. The van der Waals surface area contributed by atoms with E-state index >= 15 is 0 Å². The van der Waals surface area contributed by atoms with Crippen molar-refractivity contribution in [1.29, 1.82) is 0 Å². The molecule has 138 valence electrons. The molecule has 4 nitrogen and oxygen atoms in total. The van der Waals surface area contributed by atoms with Crippen LogP contribution in [-0.4, -0.2) is 16.8 Å². The summed E-state index contributed by atoms with van der Waals surface area (Å²) in [5.41, 5.74) is 4.43. The minimum absolute atomic E-state index is 0.543. The predicted molar refractivity (Wildman–Crippen MR) is 113 cm³/mol. The van der Waals surface area contributed by atoms with E-state index in [1.165, 1.54) is 10.9 Å². The maximum absolute atomic E-state index is 6.05. The molecule has 0 spiro atoms. The number of aromatic nitrogens is 2. The van der Waals surface area contributed by atoms with Crippen LogP contribution in [0.5, 0.6) is 5.75 Å². The van der Waals surface area contributed by atoms with Crippen molar-refractivity contribution >= 4 is 32.6 Å². The molecule has 0 aliphatic heterocycles. The lowest BCUT2D eigenvalue weighted by atomic mass is 10.0. The lowest BCUT2D eigenvalue weighted by Gasteiger charge is -2.09. The molecule has 5 rings (SSSR count). The Labute approximate surface area is 162 Å². The number of ether oxygens (including phenoxy) is 1. The fourth-order valence-electron chi connectivity index (χ4n) is 3.93. The van der Waals surface area contributed by atoms with Gasteiger partial charge in [0.2, 0.25) is 0 Å². The van der Waals surface area contributed by atoms with Crippen LogP contribution in [0.15, 0.2) is 73.1 Å². The lowest BCUT2D eigenvalue weighted by Crippen LogP contribution is -2.05. The van der Waals surface area contributed by atoms with Crippen LogP contribution >= 0.6 is 0 Å². The first-order valence-corrected chi connectivity index (χ1v) is 9.29. The van der Waals surface area contributed by atoms with E-state index in [9.17, 15) is 0 Å². The Morgan fingerprint density at radius 1 is 0.929 bits per heavy atom. The molecule has 0 N–H and O–H groups in total. The van der Waals surface area contributed by atoms with Gasteiger partial charge in [0.05, 0.1) is 11.0 Å². The number of nitrogens with zero attached hydrogens (tertiary/aromatic N) is 2. The predicted octanol–water partition coefficient (Wildman–Crippen LogP) is 5.29. The van der Waals surface area contributed by atoms with Gasteiger partial charge in [-0.05, 0) is 53.8 Å². The number of aryl methyl sites for hydroxylation is 1. The Morgan fingerprint density at radius 2 is 1.79 bits per heavy atom. The summed E-state index contributed by atoms with van der Waals surface area (Å²) in [7, 11) is 1.70. The molecule has 0 amide bonds. The van der Waals surface area contributed by atoms with Gasteiger partial charge in [0, 0.05) is 28.6 Å². The first kappa shape index (κ1) is 16.6. The number of hydrogen-bond donors (Lipinski definition) is 0. The van der Waals surface area contributed by atoms with Gasteiger partial charge in [-0.2, -0.15) is 4.73 Å². The second-order valence-electron chi connectivity index (χ2n) is 6.92. The van der Waals surface area contributed by atoms with Crippen molar-refractivity contribution < 1.29 is 9.57 Å². The highest BCUT2D eigenvalue weighted by molar-refractivity contribution is 6.14. The highest BCUT2D eigenvalue weighted by Crippen LogP contribution is 2.36. The van der Waals surface area contributed by atoms with Crippen LogP contribution in [0.2, 0.25) is 0 Å². The Balaban J connectivity index is 1.68. The first-order valence-electron chi connectivity index (χ1n) is 9.29. The summed E-state index contributed by atoms with van der Waals surface area (Å²) in [6.45, 7) is 2.67. The summed E-state index contributed by atoms with van der Waals surface area (Å²) in [6, 6.07) is 20.6. The van der Waals surface area contributed by atoms with Crippen LogP contribution in [0.4, 0.5) is 0 Å². The minimum Gasteiger partial charge on any atom is -0.489 e. The molecule has 0 aliphatic carbocycles. The summed E-state index contributed by atoms with van der Waals surface area (Å²) in [5.74, 6) is 0.843. The fraction of sp³-hybridized carbons (Fsp3) is 0.125. The van der Waals surface area contributed by atoms with Gasteiger partial charge >= 0.3 is 0 Å². The summed E-state index contributed by atoms with van der Waals surface area (Å²) in [5, 5.41) is 4.55. The van der Waals surface area contributed by atoms with Crippen molar-refractivity contribution in [3.8, 4) is 5.75 Å². The molecule has 0 bridgehead atoms. The second-order valence-corrected chi connectivity index (χ2v) is 6.92. The van der Waals surface area contributed by atoms with Gasteiger partial charge in [0.25, 0.3) is 0 Å². The highest BCUT2D eigenvalue weighted by Gasteiger charge is 2.16. The van der Waals surface area contributed by atoms with E-state index < -0.39 is 0 Å². The molecule has 28 heavy (non-hydrogen) atoms. The third kappa shape index (κ3) is 2.57. The third-order valence-electron chi connectivity index (χ3n) is 5.28. The first-order chi connectivity index (χ1) is 13.8. The average Bonchev–Trinajstić information content (AvgIpc) is 3.06. The Morgan fingerprint density at radius 3 is 2.61 bits per heavy atom. The molecule has 4 heteroatoms. The summed E-state index contributed by atoms with van der Waals surface area (Å²) >= 11 is 0. The molecule has 0 aliphatic rings. The number of fused-ring (bicyclic) bond motifs is 4. The van der Waals surface area contributed by atoms with Gasteiger partial charge in [-0.1, -0.05) is 30.3 Å². The van der Waals surface area contributed by atoms with Gasteiger partial charge in [-0.3, -0.25) is 4.98 Å². The normalized spacial score (nSPS) is 11.4. The number of rotatable bonds is 4. The molecule has 0 atom stereocenters. The Bertz CT molecular complexity index is 1310. The van der Waals surface area contributed by atoms with Crippen molar-refractivity contribution in [1.82, 2.24) is 9.71 Å². The summed E-state index contributed by atoms with van der Waals surface area (Å²) < 4.78 is 7.95. The molecule has 2 heterocycles.